The third kappa shape index (κ3) is 7.75. The van der Waals surface area contributed by atoms with Crippen molar-refractivity contribution >= 4 is 22.8 Å². The van der Waals surface area contributed by atoms with Crippen LogP contribution in [0.5, 0.6) is 0 Å². The van der Waals surface area contributed by atoms with Gasteiger partial charge in [-0.3, -0.25) is 9.80 Å². The third-order valence-corrected chi connectivity index (χ3v) is 8.51. The van der Waals surface area contributed by atoms with Crippen molar-refractivity contribution in [2.45, 2.75) is 57.5 Å². The van der Waals surface area contributed by atoms with E-state index in [2.05, 4.69) is 9.80 Å². The molecule has 1 aliphatic carbocycles. The zero-order chi connectivity index (χ0) is 31.5. The molecule has 0 atom stereocenters. The van der Waals surface area contributed by atoms with Gasteiger partial charge < -0.3 is 9.64 Å². The molecule has 5 rings (SSSR count). The maximum absolute atomic E-state index is 13.5. The number of ether oxygens (including phenoxy) is 1. The van der Waals surface area contributed by atoms with Crippen molar-refractivity contribution in [1.82, 2.24) is 14.8 Å². The van der Waals surface area contributed by atoms with E-state index in [9.17, 15) is 31.1 Å². The predicted octanol–water partition coefficient (Wildman–Crippen LogP) is 7.74. The van der Waals surface area contributed by atoms with E-state index < -0.39 is 36.1 Å². The van der Waals surface area contributed by atoms with Crippen LogP contribution in [0.1, 0.15) is 54.4 Å². The fraction of sp³-hybridized carbons (Fsp3) is 0.500. The molecule has 6 nitrogen and oxygen atoms in total. The molecule has 1 saturated heterocycles. The number of carbonyl (C=O) groups is 1. The van der Waals surface area contributed by atoms with Crippen LogP contribution in [0.2, 0.25) is 0 Å². The molecular weight excluding hydrogens is 586 g/mol. The molecule has 1 aromatic heterocycles. The number of amides is 1. The standard InChI is InChI=1S/C32H36F6N4O2/c1-44-30(43)42(20-23-15-26(31(33,34)35)18-27(16-23)32(36,37)38)21-25-17-24-9-5-6-10-28(24)39-29(25)41-13-11-40(12-14-41)19-22-7-3-2-4-8-22/h5-6,9-10,15-18,22H,2-4,7-8,11-14,19-21H2,1H3. The molecule has 2 aliphatic rings. The highest BCUT2D eigenvalue weighted by molar-refractivity contribution is 5.82. The first-order valence-corrected chi connectivity index (χ1v) is 14.9. The molecule has 1 amide bonds. The first-order chi connectivity index (χ1) is 20.9. The molecule has 0 radical (unpaired) electrons. The molecular formula is C32H36F6N4O2. The van der Waals surface area contributed by atoms with Gasteiger partial charge in [0, 0.05) is 50.2 Å². The summed E-state index contributed by atoms with van der Waals surface area (Å²) in [5, 5.41) is 0.797. The minimum atomic E-state index is -5.00. The quantitative estimate of drug-likeness (QED) is 0.252. The van der Waals surface area contributed by atoms with Gasteiger partial charge in [-0.15, -0.1) is 0 Å². The van der Waals surface area contributed by atoms with Gasteiger partial charge in [0.15, 0.2) is 0 Å². The molecule has 0 spiro atoms. The lowest BCUT2D eigenvalue weighted by atomic mass is 9.89. The first kappa shape index (κ1) is 31.9. The number of carbonyl (C=O) groups excluding carboxylic acids is 1. The van der Waals surface area contributed by atoms with Crippen LogP contribution in [0.25, 0.3) is 10.9 Å². The van der Waals surface area contributed by atoms with Gasteiger partial charge in [-0.2, -0.15) is 26.3 Å². The van der Waals surface area contributed by atoms with E-state index in [-0.39, 0.29) is 18.2 Å². The Morgan fingerprint density at radius 2 is 1.52 bits per heavy atom. The Hall–Kier alpha value is -3.54. The van der Waals surface area contributed by atoms with Gasteiger partial charge in [-0.05, 0) is 54.7 Å². The number of rotatable bonds is 7. The number of alkyl halides is 6. The SMILES string of the molecule is COC(=O)N(Cc1cc(C(F)(F)F)cc(C(F)(F)F)c1)Cc1cc2ccccc2nc1N1CCN(CC2CCCCC2)CC1. The van der Waals surface area contributed by atoms with Gasteiger partial charge in [0.05, 0.1) is 30.3 Å². The Kier molecular flexibility index (Phi) is 9.57. The van der Waals surface area contributed by atoms with Crippen molar-refractivity contribution in [3.05, 3.63) is 70.8 Å². The second kappa shape index (κ2) is 13.2. The van der Waals surface area contributed by atoms with E-state index in [0.717, 1.165) is 42.5 Å². The van der Waals surface area contributed by atoms with Crippen LogP contribution in [0.15, 0.2) is 48.5 Å². The third-order valence-electron chi connectivity index (χ3n) is 8.51. The number of halogens is 6. The Morgan fingerprint density at radius 3 is 2.14 bits per heavy atom. The number of hydrogen-bond acceptors (Lipinski definition) is 5. The van der Waals surface area contributed by atoms with Gasteiger partial charge in [0.2, 0.25) is 0 Å². The van der Waals surface area contributed by atoms with Crippen molar-refractivity contribution in [1.29, 1.82) is 0 Å². The number of aromatic nitrogens is 1. The number of hydrogen-bond donors (Lipinski definition) is 0. The largest absolute Gasteiger partial charge is 0.453 e. The second-order valence-corrected chi connectivity index (χ2v) is 11.7. The number of anilines is 1. The first-order valence-electron chi connectivity index (χ1n) is 14.9. The minimum absolute atomic E-state index is 0.0747. The summed E-state index contributed by atoms with van der Waals surface area (Å²) >= 11 is 0. The molecule has 2 heterocycles. The fourth-order valence-electron chi connectivity index (χ4n) is 6.27. The summed E-state index contributed by atoms with van der Waals surface area (Å²) in [6.45, 7) is 3.50. The normalized spacial score (nSPS) is 17.2. The van der Waals surface area contributed by atoms with Gasteiger partial charge in [-0.25, -0.2) is 9.78 Å². The van der Waals surface area contributed by atoms with Gasteiger partial charge >= 0.3 is 18.4 Å². The number of fused-ring (bicyclic) bond motifs is 1. The van der Waals surface area contributed by atoms with E-state index in [0.29, 0.717) is 42.5 Å². The monoisotopic (exact) mass is 622 g/mol. The topological polar surface area (TPSA) is 48.9 Å². The molecule has 238 valence electrons. The zero-order valence-corrected chi connectivity index (χ0v) is 24.6. The minimum Gasteiger partial charge on any atom is -0.453 e. The molecule has 12 heteroatoms. The van der Waals surface area contributed by atoms with Crippen LogP contribution in [-0.2, 0) is 30.2 Å². The number of pyridine rings is 1. The average molecular weight is 623 g/mol. The summed E-state index contributed by atoms with van der Waals surface area (Å²) in [5.41, 5.74) is -1.83. The number of benzene rings is 2. The van der Waals surface area contributed by atoms with E-state index in [1.807, 2.05) is 30.3 Å². The van der Waals surface area contributed by atoms with Gasteiger partial charge in [0.1, 0.15) is 5.82 Å². The number of piperazine rings is 1. The van der Waals surface area contributed by atoms with Crippen molar-refractivity contribution in [3.63, 3.8) is 0 Å². The van der Waals surface area contributed by atoms with E-state index in [4.69, 9.17) is 9.72 Å². The van der Waals surface area contributed by atoms with Crippen molar-refractivity contribution in [2.24, 2.45) is 5.92 Å². The highest BCUT2D eigenvalue weighted by atomic mass is 19.4. The Bertz CT molecular complexity index is 1410. The van der Waals surface area contributed by atoms with Crippen LogP contribution in [-0.4, -0.2) is 60.7 Å². The molecule has 0 N–H and O–H groups in total. The lowest BCUT2D eigenvalue weighted by Gasteiger charge is -2.38. The fourth-order valence-corrected chi connectivity index (χ4v) is 6.27. The van der Waals surface area contributed by atoms with Crippen molar-refractivity contribution < 1.29 is 35.9 Å². The number of methoxy groups -OCH3 is 1. The molecule has 44 heavy (non-hydrogen) atoms. The molecule has 3 aromatic rings. The summed E-state index contributed by atoms with van der Waals surface area (Å²) < 4.78 is 86.0. The van der Waals surface area contributed by atoms with E-state index in [1.54, 1.807) is 0 Å². The van der Waals surface area contributed by atoms with Crippen LogP contribution in [0.4, 0.5) is 37.0 Å². The molecule has 0 bridgehead atoms. The van der Waals surface area contributed by atoms with E-state index in [1.165, 1.54) is 32.1 Å². The number of nitrogens with zero attached hydrogens (tertiary/aromatic N) is 4. The summed E-state index contributed by atoms with van der Waals surface area (Å²) in [6.07, 6.45) is -4.49. The van der Waals surface area contributed by atoms with Crippen LogP contribution in [0.3, 0.4) is 0 Å². The summed E-state index contributed by atoms with van der Waals surface area (Å²) in [6, 6.07) is 10.7. The maximum atomic E-state index is 13.5. The molecule has 0 unspecified atom stereocenters. The van der Waals surface area contributed by atoms with Crippen LogP contribution in [0, 0.1) is 5.92 Å². The van der Waals surface area contributed by atoms with Crippen LogP contribution >= 0.6 is 0 Å². The summed E-state index contributed by atoms with van der Waals surface area (Å²) in [7, 11) is 1.12. The van der Waals surface area contributed by atoms with Crippen molar-refractivity contribution in [2.75, 3.05) is 44.7 Å². The van der Waals surface area contributed by atoms with Crippen LogP contribution < -0.4 is 4.90 Å². The Morgan fingerprint density at radius 1 is 0.886 bits per heavy atom. The van der Waals surface area contributed by atoms with E-state index >= 15 is 0 Å². The summed E-state index contributed by atoms with van der Waals surface area (Å²) in [5.74, 6) is 1.35. The predicted molar refractivity (Wildman–Crippen MR) is 155 cm³/mol. The molecule has 2 aromatic carbocycles. The van der Waals surface area contributed by atoms with Gasteiger partial charge in [-0.1, -0.05) is 37.5 Å². The Balaban J connectivity index is 1.42. The lowest BCUT2D eigenvalue weighted by Crippen LogP contribution is -2.48. The Labute approximate surface area is 252 Å². The smallest absolute Gasteiger partial charge is 0.416 e. The highest BCUT2D eigenvalue weighted by Crippen LogP contribution is 2.37. The summed E-state index contributed by atoms with van der Waals surface area (Å²) in [4.78, 5) is 23.5. The average Bonchev–Trinajstić information content (AvgIpc) is 3.00. The zero-order valence-electron chi connectivity index (χ0n) is 24.6. The molecule has 2 fully saturated rings. The maximum Gasteiger partial charge on any atom is 0.416 e. The highest BCUT2D eigenvalue weighted by Gasteiger charge is 2.37. The van der Waals surface area contributed by atoms with Crippen molar-refractivity contribution in [3.8, 4) is 0 Å². The molecule has 1 saturated carbocycles. The second-order valence-electron chi connectivity index (χ2n) is 11.7. The van der Waals surface area contributed by atoms with Gasteiger partial charge in [0.25, 0.3) is 0 Å². The molecule has 1 aliphatic heterocycles. The number of para-hydroxylation sites is 1. The lowest BCUT2D eigenvalue weighted by molar-refractivity contribution is -0.143.